The van der Waals surface area contributed by atoms with Gasteiger partial charge in [-0.2, -0.15) is 0 Å². The van der Waals surface area contributed by atoms with Gasteiger partial charge in [0.25, 0.3) is 5.91 Å². The molecule has 1 heterocycles. The van der Waals surface area contributed by atoms with Gasteiger partial charge in [0, 0.05) is 26.8 Å². The van der Waals surface area contributed by atoms with E-state index < -0.39 is 0 Å². The molecule has 1 aromatic rings. The van der Waals surface area contributed by atoms with Crippen LogP contribution < -0.4 is 11.1 Å². The number of carbonyl (C=O) groups excluding carboxylic acids is 1. The molecule has 0 unspecified atom stereocenters. The van der Waals surface area contributed by atoms with Crippen LogP contribution in [0.1, 0.15) is 36.0 Å². The van der Waals surface area contributed by atoms with E-state index in [1.807, 2.05) is 6.07 Å². The van der Waals surface area contributed by atoms with Crippen molar-refractivity contribution in [2.45, 2.75) is 25.7 Å². The first kappa shape index (κ1) is 14.8. The molecule has 3 N–H and O–H groups in total. The monoisotopic (exact) mass is 276 g/mol. The highest BCUT2D eigenvalue weighted by molar-refractivity contribution is 5.93. The van der Waals surface area contributed by atoms with Crippen LogP contribution in [-0.2, 0) is 0 Å². The third-order valence-electron chi connectivity index (χ3n) is 4.16. The van der Waals surface area contributed by atoms with Crippen LogP contribution in [0.2, 0.25) is 0 Å². The zero-order valence-electron chi connectivity index (χ0n) is 12.4. The summed E-state index contributed by atoms with van der Waals surface area (Å²) >= 11 is 0. The number of nitrogens with zero attached hydrogens (tertiary/aromatic N) is 2. The van der Waals surface area contributed by atoms with E-state index in [1.165, 1.54) is 25.7 Å². The zero-order chi connectivity index (χ0) is 14.6. The van der Waals surface area contributed by atoms with Gasteiger partial charge in [-0.25, -0.2) is 4.98 Å². The average Bonchev–Trinajstić information content (AvgIpc) is 2.94. The van der Waals surface area contributed by atoms with Crippen molar-refractivity contribution >= 4 is 11.7 Å². The van der Waals surface area contributed by atoms with Gasteiger partial charge in [0.1, 0.15) is 5.82 Å². The molecule has 2 rings (SSSR count). The first-order chi connectivity index (χ1) is 9.56. The second-order valence-corrected chi connectivity index (χ2v) is 5.90. The van der Waals surface area contributed by atoms with Crippen LogP contribution in [0.3, 0.4) is 0 Å². The molecule has 110 valence electrons. The number of nitrogens with one attached hydrogen (secondary N) is 1. The van der Waals surface area contributed by atoms with Crippen LogP contribution in [-0.4, -0.2) is 43.0 Å². The van der Waals surface area contributed by atoms with E-state index in [-0.39, 0.29) is 11.3 Å². The zero-order valence-corrected chi connectivity index (χ0v) is 12.4. The number of rotatable bonds is 5. The molecule has 1 aliphatic rings. The quantitative estimate of drug-likeness (QED) is 0.859. The van der Waals surface area contributed by atoms with Crippen molar-refractivity contribution in [2.75, 3.05) is 32.5 Å². The Balaban J connectivity index is 1.95. The molecule has 5 nitrogen and oxygen atoms in total. The van der Waals surface area contributed by atoms with Gasteiger partial charge in [-0.3, -0.25) is 4.79 Å². The van der Waals surface area contributed by atoms with Crippen molar-refractivity contribution in [3.63, 3.8) is 0 Å². The predicted molar refractivity (Wildman–Crippen MR) is 80.7 cm³/mol. The Labute approximate surface area is 120 Å². The summed E-state index contributed by atoms with van der Waals surface area (Å²) in [6.07, 6.45) is 6.53. The van der Waals surface area contributed by atoms with E-state index >= 15 is 0 Å². The maximum absolute atomic E-state index is 11.8. The van der Waals surface area contributed by atoms with E-state index in [2.05, 4.69) is 10.3 Å². The Bertz CT molecular complexity index is 449. The largest absolute Gasteiger partial charge is 0.369 e. The van der Waals surface area contributed by atoms with E-state index in [1.54, 1.807) is 31.3 Å². The number of anilines is 1. The lowest BCUT2D eigenvalue weighted by Crippen LogP contribution is -2.34. The Morgan fingerprint density at radius 3 is 2.60 bits per heavy atom. The summed E-state index contributed by atoms with van der Waals surface area (Å²) in [5, 5.41) is 3.36. The summed E-state index contributed by atoms with van der Waals surface area (Å²) in [6.45, 7) is 1.58. The number of amides is 1. The molecule has 0 aliphatic heterocycles. The molecule has 0 bridgehead atoms. The van der Waals surface area contributed by atoms with Crippen molar-refractivity contribution in [3.8, 4) is 0 Å². The Kier molecular flexibility index (Phi) is 4.60. The van der Waals surface area contributed by atoms with Crippen molar-refractivity contribution in [2.24, 2.45) is 11.1 Å². The molecule has 0 aromatic carbocycles. The normalized spacial score (nSPS) is 16.9. The molecule has 1 aliphatic carbocycles. The van der Waals surface area contributed by atoms with Crippen LogP contribution in [0.15, 0.2) is 18.3 Å². The second-order valence-electron chi connectivity index (χ2n) is 5.90. The summed E-state index contributed by atoms with van der Waals surface area (Å²) in [7, 11) is 3.47. The predicted octanol–water partition coefficient (Wildman–Crippen LogP) is 1.71. The fourth-order valence-corrected chi connectivity index (χ4v) is 2.74. The molecule has 0 spiro atoms. The van der Waals surface area contributed by atoms with E-state index in [0.29, 0.717) is 5.56 Å². The van der Waals surface area contributed by atoms with Crippen molar-refractivity contribution < 1.29 is 4.79 Å². The summed E-state index contributed by atoms with van der Waals surface area (Å²) < 4.78 is 0. The van der Waals surface area contributed by atoms with E-state index in [0.717, 1.165) is 18.9 Å². The first-order valence-electron chi connectivity index (χ1n) is 7.18. The Morgan fingerprint density at radius 1 is 1.40 bits per heavy atom. The molecule has 5 heteroatoms. The number of aromatic nitrogens is 1. The number of nitrogens with two attached hydrogens (primary N) is 1. The maximum Gasteiger partial charge on any atom is 0.254 e. The molecule has 0 saturated heterocycles. The minimum atomic E-state index is -0.0294. The molecule has 1 aromatic heterocycles. The first-order valence-corrected chi connectivity index (χ1v) is 7.18. The van der Waals surface area contributed by atoms with Crippen LogP contribution in [0.4, 0.5) is 5.82 Å². The van der Waals surface area contributed by atoms with Gasteiger partial charge in [0.05, 0.1) is 5.56 Å². The topological polar surface area (TPSA) is 71.2 Å². The third-order valence-corrected chi connectivity index (χ3v) is 4.16. The van der Waals surface area contributed by atoms with Crippen LogP contribution in [0.25, 0.3) is 0 Å². The fourth-order valence-electron chi connectivity index (χ4n) is 2.74. The minimum absolute atomic E-state index is 0.0294. The highest BCUT2D eigenvalue weighted by atomic mass is 16.2. The Hall–Kier alpha value is -1.62. The summed E-state index contributed by atoms with van der Waals surface area (Å²) in [5.74, 6) is 0.776. The van der Waals surface area contributed by atoms with Gasteiger partial charge in [-0.15, -0.1) is 0 Å². The lowest BCUT2D eigenvalue weighted by atomic mass is 9.86. The SMILES string of the molecule is CN(C)C(=O)c1ccc(NCC2(CN)CCCC2)nc1. The lowest BCUT2D eigenvalue weighted by Gasteiger charge is -2.27. The number of carbonyl (C=O) groups is 1. The van der Waals surface area contributed by atoms with Crippen molar-refractivity contribution in [1.82, 2.24) is 9.88 Å². The van der Waals surface area contributed by atoms with Gasteiger partial charge >= 0.3 is 0 Å². The molecule has 1 fully saturated rings. The molecule has 0 radical (unpaired) electrons. The van der Waals surface area contributed by atoms with Gasteiger partial charge in [0.2, 0.25) is 0 Å². The minimum Gasteiger partial charge on any atom is -0.369 e. The van der Waals surface area contributed by atoms with Crippen LogP contribution >= 0.6 is 0 Å². The maximum atomic E-state index is 11.8. The molecular formula is C15H24N4O. The lowest BCUT2D eigenvalue weighted by molar-refractivity contribution is 0.0827. The van der Waals surface area contributed by atoms with Gasteiger partial charge < -0.3 is 16.0 Å². The van der Waals surface area contributed by atoms with Gasteiger partial charge in [-0.05, 0) is 36.9 Å². The highest BCUT2D eigenvalue weighted by Crippen LogP contribution is 2.37. The van der Waals surface area contributed by atoms with E-state index in [4.69, 9.17) is 5.73 Å². The molecule has 20 heavy (non-hydrogen) atoms. The summed E-state index contributed by atoms with van der Waals surface area (Å²) in [4.78, 5) is 17.6. The smallest absolute Gasteiger partial charge is 0.254 e. The second kappa shape index (κ2) is 6.22. The fraction of sp³-hybridized carbons (Fsp3) is 0.600. The van der Waals surface area contributed by atoms with E-state index in [9.17, 15) is 4.79 Å². The molecular weight excluding hydrogens is 252 g/mol. The van der Waals surface area contributed by atoms with Crippen molar-refractivity contribution in [1.29, 1.82) is 0 Å². The Morgan fingerprint density at radius 2 is 2.10 bits per heavy atom. The summed E-state index contributed by atoms with van der Waals surface area (Å²) in [6, 6.07) is 3.66. The summed E-state index contributed by atoms with van der Waals surface area (Å²) in [5.41, 5.74) is 6.75. The number of hydrogen-bond acceptors (Lipinski definition) is 4. The van der Waals surface area contributed by atoms with Crippen LogP contribution in [0, 0.1) is 5.41 Å². The highest BCUT2D eigenvalue weighted by Gasteiger charge is 2.32. The average molecular weight is 276 g/mol. The van der Waals surface area contributed by atoms with Crippen LogP contribution in [0.5, 0.6) is 0 Å². The number of hydrogen-bond donors (Lipinski definition) is 2. The molecule has 0 atom stereocenters. The van der Waals surface area contributed by atoms with Crippen molar-refractivity contribution in [3.05, 3.63) is 23.9 Å². The third kappa shape index (κ3) is 3.28. The number of pyridine rings is 1. The molecule has 1 saturated carbocycles. The van der Waals surface area contributed by atoms with Gasteiger partial charge in [-0.1, -0.05) is 12.8 Å². The molecule has 1 amide bonds. The van der Waals surface area contributed by atoms with Gasteiger partial charge in [0.15, 0.2) is 0 Å². The standard InChI is InChI=1S/C15H24N4O/c1-19(2)14(20)12-5-6-13(17-9-12)18-11-15(10-16)7-3-4-8-15/h5-6,9H,3-4,7-8,10-11,16H2,1-2H3,(H,17,18).